The van der Waals surface area contributed by atoms with Crippen molar-refractivity contribution < 1.29 is 4.79 Å². The van der Waals surface area contributed by atoms with Crippen molar-refractivity contribution in [3.05, 3.63) is 70.8 Å². The van der Waals surface area contributed by atoms with Crippen LogP contribution < -0.4 is 5.73 Å². The second-order valence-corrected chi connectivity index (χ2v) is 4.71. The van der Waals surface area contributed by atoms with Gasteiger partial charge in [-0.1, -0.05) is 41.9 Å². The van der Waals surface area contributed by atoms with E-state index in [-0.39, 0.29) is 5.78 Å². The zero-order valence-electron chi connectivity index (χ0n) is 10.3. The Hall–Kier alpha value is -2.06. The van der Waals surface area contributed by atoms with Gasteiger partial charge in [0.15, 0.2) is 5.78 Å². The maximum Gasteiger partial charge on any atom is 0.160 e. The van der Waals surface area contributed by atoms with Gasteiger partial charge in [0, 0.05) is 17.1 Å². The first kappa shape index (κ1) is 13.4. The number of rotatable bonds is 4. The Labute approximate surface area is 117 Å². The Balaban J connectivity index is 1.99. The van der Waals surface area contributed by atoms with Gasteiger partial charge >= 0.3 is 0 Å². The lowest BCUT2D eigenvalue weighted by Gasteiger charge is -1.98. The molecular formula is C16H14ClNO. The van der Waals surface area contributed by atoms with E-state index in [1.165, 1.54) is 0 Å². The van der Waals surface area contributed by atoms with Crippen LogP contribution >= 0.6 is 11.6 Å². The van der Waals surface area contributed by atoms with Crippen LogP contribution in [-0.4, -0.2) is 5.78 Å². The lowest BCUT2D eigenvalue weighted by atomic mass is 10.1. The topological polar surface area (TPSA) is 43.1 Å². The van der Waals surface area contributed by atoms with Crippen molar-refractivity contribution >= 4 is 29.1 Å². The Morgan fingerprint density at radius 2 is 1.89 bits per heavy atom. The fourth-order valence-electron chi connectivity index (χ4n) is 1.70. The maximum atomic E-state index is 11.8. The third-order valence-corrected chi connectivity index (χ3v) is 2.90. The van der Waals surface area contributed by atoms with Crippen molar-refractivity contribution in [1.29, 1.82) is 0 Å². The van der Waals surface area contributed by atoms with E-state index in [0.29, 0.717) is 17.1 Å². The van der Waals surface area contributed by atoms with E-state index in [1.54, 1.807) is 36.4 Å². The van der Waals surface area contributed by atoms with Gasteiger partial charge in [0.05, 0.1) is 0 Å². The number of anilines is 1. The number of carbonyl (C=O) groups excluding carboxylic acids is 1. The molecule has 0 heterocycles. The predicted octanol–water partition coefficient (Wildman–Crippen LogP) is 3.75. The molecule has 2 rings (SSSR count). The van der Waals surface area contributed by atoms with Gasteiger partial charge in [-0.25, -0.2) is 0 Å². The van der Waals surface area contributed by atoms with Crippen LogP contribution in [0.1, 0.15) is 11.1 Å². The zero-order chi connectivity index (χ0) is 13.7. The molecule has 0 aromatic heterocycles. The number of benzene rings is 2. The van der Waals surface area contributed by atoms with Gasteiger partial charge < -0.3 is 5.73 Å². The molecule has 0 aliphatic heterocycles. The summed E-state index contributed by atoms with van der Waals surface area (Å²) in [6.45, 7) is 0. The molecule has 2 aromatic rings. The van der Waals surface area contributed by atoms with Crippen molar-refractivity contribution in [3.8, 4) is 0 Å². The molecule has 3 heteroatoms. The van der Waals surface area contributed by atoms with Gasteiger partial charge in [-0.05, 0) is 41.5 Å². The van der Waals surface area contributed by atoms with Gasteiger partial charge in [-0.3, -0.25) is 4.79 Å². The summed E-state index contributed by atoms with van der Waals surface area (Å²) in [6, 6.07) is 14.7. The molecule has 2 nitrogen and oxygen atoms in total. The molecule has 0 radical (unpaired) electrons. The Kier molecular flexibility index (Phi) is 4.37. The quantitative estimate of drug-likeness (QED) is 0.680. The summed E-state index contributed by atoms with van der Waals surface area (Å²) < 4.78 is 0. The molecule has 0 aliphatic carbocycles. The fourth-order valence-corrected chi connectivity index (χ4v) is 1.92. The molecule has 2 N–H and O–H groups in total. The van der Waals surface area contributed by atoms with Crippen LogP contribution in [0.2, 0.25) is 5.02 Å². The molecule has 2 aromatic carbocycles. The van der Waals surface area contributed by atoms with Gasteiger partial charge in [-0.15, -0.1) is 0 Å². The number of allylic oxidation sites excluding steroid dienone is 1. The molecule has 0 atom stereocenters. The Bertz CT molecular complexity index is 602. The van der Waals surface area contributed by atoms with E-state index in [0.717, 1.165) is 11.1 Å². The minimum Gasteiger partial charge on any atom is -0.399 e. The lowest BCUT2D eigenvalue weighted by molar-refractivity contribution is -0.113. The molecule has 0 aliphatic rings. The second kappa shape index (κ2) is 6.21. The number of hydrogen-bond acceptors (Lipinski definition) is 2. The maximum absolute atomic E-state index is 11.8. The molecule has 0 amide bonds. The highest BCUT2D eigenvalue weighted by Gasteiger charge is 2.00. The minimum absolute atomic E-state index is 0.0408. The Morgan fingerprint density at radius 3 is 2.58 bits per heavy atom. The number of ketones is 1. The van der Waals surface area contributed by atoms with Crippen LogP contribution in [0.5, 0.6) is 0 Å². The average molecular weight is 272 g/mol. The monoisotopic (exact) mass is 271 g/mol. The SMILES string of the molecule is Nc1ccc(/C=C/C(=O)Cc2cccc(Cl)c2)cc1. The summed E-state index contributed by atoms with van der Waals surface area (Å²) in [6.07, 6.45) is 3.71. The summed E-state index contributed by atoms with van der Waals surface area (Å²) in [5.41, 5.74) is 8.17. The number of nitrogens with two attached hydrogens (primary N) is 1. The largest absolute Gasteiger partial charge is 0.399 e. The van der Waals surface area contributed by atoms with Gasteiger partial charge in [0.1, 0.15) is 0 Å². The van der Waals surface area contributed by atoms with E-state index in [4.69, 9.17) is 17.3 Å². The van der Waals surface area contributed by atoms with Crippen molar-refractivity contribution in [2.24, 2.45) is 0 Å². The smallest absolute Gasteiger partial charge is 0.160 e. The molecule has 0 saturated carbocycles. The standard InChI is InChI=1S/C16H14ClNO/c17-14-3-1-2-13(10-14)11-16(19)9-6-12-4-7-15(18)8-5-12/h1-10H,11,18H2/b9-6+. The third kappa shape index (κ3) is 4.27. The number of hydrogen-bond donors (Lipinski definition) is 1. The van der Waals surface area contributed by atoms with Gasteiger partial charge in [0.2, 0.25) is 0 Å². The molecular weight excluding hydrogens is 258 g/mol. The van der Waals surface area contributed by atoms with E-state index < -0.39 is 0 Å². The fraction of sp³-hybridized carbons (Fsp3) is 0.0625. The molecule has 0 bridgehead atoms. The predicted molar refractivity (Wildman–Crippen MR) is 80.1 cm³/mol. The highest BCUT2D eigenvalue weighted by molar-refractivity contribution is 6.30. The third-order valence-electron chi connectivity index (χ3n) is 2.67. The van der Waals surface area contributed by atoms with Crippen LogP contribution in [0.4, 0.5) is 5.69 Å². The lowest BCUT2D eigenvalue weighted by Crippen LogP contribution is -1.98. The van der Waals surface area contributed by atoms with Gasteiger partial charge in [-0.2, -0.15) is 0 Å². The average Bonchev–Trinajstić information content (AvgIpc) is 2.38. The molecule has 96 valence electrons. The van der Waals surface area contributed by atoms with Crippen LogP contribution in [-0.2, 0) is 11.2 Å². The van der Waals surface area contributed by atoms with E-state index in [9.17, 15) is 4.79 Å². The molecule has 0 saturated heterocycles. The van der Waals surface area contributed by atoms with Crippen LogP contribution in [0.25, 0.3) is 6.08 Å². The van der Waals surface area contributed by atoms with Crippen LogP contribution in [0, 0.1) is 0 Å². The summed E-state index contributed by atoms with van der Waals surface area (Å²) in [5.74, 6) is 0.0408. The van der Waals surface area contributed by atoms with E-state index in [2.05, 4.69) is 0 Å². The van der Waals surface area contributed by atoms with Crippen molar-refractivity contribution in [3.63, 3.8) is 0 Å². The summed E-state index contributed by atoms with van der Waals surface area (Å²) >= 11 is 5.87. The molecule has 0 spiro atoms. The zero-order valence-corrected chi connectivity index (χ0v) is 11.1. The van der Waals surface area contributed by atoms with Crippen LogP contribution in [0.15, 0.2) is 54.6 Å². The van der Waals surface area contributed by atoms with Crippen molar-refractivity contribution in [2.45, 2.75) is 6.42 Å². The molecule has 19 heavy (non-hydrogen) atoms. The van der Waals surface area contributed by atoms with Crippen molar-refractivity contribution in [2.75, 3.05) is 5.73 Å². The summed E-state index contributed by atoms with van der Waals surface area (Å²) in [7, 11) is 0. The molecule has 0 fully saturated rings. The van der Waals surface area contributed by atoms with E-state index >= 15 is 0 Å². The first-order valence-corrected chi connectivity index (χ1v) is 6.32. The number of halogens is 1. The summed E-state index contributed by atoms with van der Waals surface area (Å²) in [5, 5.41) is 0.646. The summed E-state index contributed by atoms with van der Waals surface area (Å²) in [4.78, 5) is 11.8. The number of carbonyl (C=O) groups is 1. The first-order valence-electron chi connectivity index (χ1n) is 5.94. The van der Waals surface area contributed by atoms with Crippen molar-refractivity contribution in [1.82, 2.24) is 0 Å². The van der Waals surface area contributed by atoms with E-state index in [1.807, 2.05) is 24.3 Å². The highest BCUT2D eigenvalue weighted by atomic mass is 35.5. The first-order chi connectivity index (χ1) is 9.13. The Morgan fingerprint density at radius 1 is 1.16 bits per heavy atom. The van der Waals surface area contributed by atoms with Crippen LogP contribution in [0.3, 0.4) is 0 Å². The second-order valence-electron chi connectivity index (χ2n) is 4.27. The van der Waals surface area contributed by atoms with Gasteiger partial charge in [0.25, 0.3) is 0 Å². The minimum atomic E-state index is 0.0408. The highest BCUT2D eigenvalue weighted by Crippen LogP contribution is 2.12. The number of nitrogen functional groups attached to an aromatic ring is 1. The molecule has 0 unspecified atom stereocenters. The normalized spacial score (nSPS) is 10.8.